The van der Waals surface area contributed by atoms with Crippen molar-refractivity contribution in [2.24, 2.45) is 0 Å². The number of nitrogens with zero attached hydrogens (tertiary/aromatic N) is 1. The Labute approximate surface area is 93.7 Å². The van der Waals surface area contributed by atoms with Crippen LogP contribution >= 0.6 is 11.3 Å². The molecule has 1 aromatic heterocycles. The Morgan fingerprint density at radius 1 is 1.67 bits per heavy atom. The number of rotatable bonds is 5. The molecule has 1 atom stereocenters. The van der Waals surface area contributed by atoms with Crippen LogP contribution in [0.2, 0.25) is 0 Å². The second-order valence-electron chi connectivity index (χ2n) is 3.04. The van der Waals surface area contributed by atoms with Crippen LogP contribution in [-0.2, 0) is 4.74 Å². The second-order valence-corrected chi connectivity index (χ2v) is 3.93. The van der Waals surface area contributed by atoms with Crippen LogP contribution in [0.15, 0.2) is 5.38 Å². The van der Waals surface area contributed by atoms with Crippen LogP contribution in [0.5, 0.6) is 0 Å². The number of carbonyl (C=O) groups excluding carboxylic acids is 1. The smallest absolute Gasteiger partial charge is 0.357 e. The second kappa shape index (κ2) is 5.82. The van der Waals surface area contributed by atoms with Gasteiger partial charge in [-0.2, -0.15) is 0 Å². The number of carbonyl (C=O) groups is 1. The average Bonchev–Trinajstić information content (AvgIpc) is 2.69. The molecule has 4 nitrogen and oxygen atoms in total. The summed E-state index contributed by atoms with van der Waals surface area (Å²) in [5.74, 6) is -0.342. The fourth-order valence-electron chi connectivity index (χ4n) is 1.25. The molecule has 0 saturated carbocycles. The lowest BCUT2D eigenvalue weighted by Crippen LogP contribution is -2.15. The largest absolute Gasteiger partial charge is 0.461 e. The minimum absolute atomic E-state index is 0.221. The van der Waals surface area contributed by atoms with Crippen molar-refractivity contribution in [2.75, 3.05) is 13.7 Å². The Balaban J connectivity index is 2.75. The molecular weight excluding hydrogens is 212 g/mol. The standard InChI is InChI=1S/C10H16N2O2S/c1-4-7(11-3)9-12-8(6-15-9)10(13)14-5-2/h6-7,11H,4-5H2,1-3H3. The molecular formula is C10H16N2O2S. The molecule has 0 aliphatic heterocycles. The number of ether oxygens (including phenoxy) is 1. The van der Waals surface area contributed by atoms with Crippen molar-refractivity contribution in [2.45, 2.75) is 26.3 Å². The van der Waals surface area contributed by atoms with E-state index in [9.17, 15) is 4.79 Å². The molecule has 1 unspecified atom stereocenters. The van der Waals surface area contributed by atoms with Gasteiger partial charge in [-0.25, -0.2) is 9.78 Å². The van der Waals surface area contributed by atoms with Crippen LogP contribution in [0.3, 0.4) is 0 Å². The first-order valence-corrected chi connectivity index (χ1v) is 5.90. The van der Waals surface area contributed by atoms with Crippen LogP contribution in [-0.4, -0.2) is 24.6 Å². The molecule has 0 fully saturated rings. The van der Waals surface area contributed by atoms with E-state index in [1.165, 1.54) is 11.3 Å². The van der Waals surface area contributed by atoms with Gasteiger partial charge in [0.25, 0.3) is 0 Å². The summed E-state index contributed by atoms with van der Waals surface area (Å²) in [7, 11) is 1.89. The van der Waals surface area contributed by atoms with Crippen LogP contribution in [0.1, 0.15) is 41.8 Å². The van der Waals surface area contributed by atoms with Gasteiger partial charge in [-0.3, -0.25) is 0 Å². The Morgan fingerprint density at radius 3 is 2.93 bits per heavy atom. The number of aromatic nitrogens is 1. The number of esters is 1. The lowest BCUT2D eigenvalue weighted by Gasteiger charge is -2.09. The maximum absolute atomic E-state index is 11.4. The fraction of sp³-hybridized carbons (Fsp3) is 0.600. The molecule has 0 amide bonds. The molecule has 15 heavy (non-hydrogen) atoms. The first-order chi connectivity index (χ1) is 7.22. The molecule has 0 aliphatic carbocycles. The molecule has 0 aromatic carbocycles. The molecule has 1 aromatic rings. The molecule has 0 bridgehead atoms. The molecule has 5 heteroatoms. The lowest BCUT2D eigenvalue weighted by atomic mass is 10.2. The zero-order valence-electron chi connectivity index (χ0n) is 9.24. The summed E-state index contributed by atoms with van der Waals surface area (Å²) in [5, 5.41) is 5.82. The molecule has 1 rings (SSSR count). The number of hydrogen-bond donors (Lipinski definition) is 1. The predicted octanol–water partition coefficient (Wildman–Crippen LogP) is 1.99. The van der Waals surface area contributed by atoms with E-state index in [4.69, 9.17) is 4.74 Å². The maximum Gasteiger partial charge on any atom is 0.357 e. The van der Waals surface area contributed by atoms with E-state index in [0.29, 0.717) is 12.3 Å². The highest BCUT2D eigenvalue weighted by atomic mass is 32.1. The number of nitrogens with one attached hydrogen (secondary N) is 1. The third kappa shape index (κ3) is 3.00. The highest BCUT2D eigenvalue weighted by Crippen LogP contribution is 2.20. The van der Waals surface area contributed by atoms with Gasteiger partial charge in [0.2, 0.25) is 0 Å². The van der Waals surface area contributed by atoms with E-state index in [0.717, 1.165) is 11.4 Å². The van der Waals surface area contributed by atoms with Gasteiger partial charge in [-0.05, 0) is 20.4 Å². The first-order valence-electron chi connectivity index (χ1n) is 5.02. The van der Waals surface area contributed by atoms with Crippen LogP contribution in [0, 0.1) is 0 Å². The van der Waals surface area contributed by atoms with Gasteiger partial charge in [-0.1, -0.05) is 6.92 Å². The van der Waals surface area contributed by atoms with E-state index in [2.05, 4.69) is 17.2 Å². The van der Waals surface area contributed by atoms with Crippen molar-refractivity contribution in [3.8, 4) is 0 Å². The minimum atomic E-state index is -0.342. The maximum atomic E-state index is 11.4. The summed E-state index contributed by atoms with van der Waals surface area (Å²) in [5.41, 5.74) is 0.408. The van der Waals surface area contributed by atoms with Gasteiger partial charge in [0, 0.05) is 5.38 Å². The summed E-state index contributed by atoms with van der Waals surface area (Å²) in [4.78, 5) is 15.6. The molecule has 0 radical (unpaired) electrons. The Morgan fingerprint density at radius 2 is 2.40 bits per heavy atom. The molecule has 0 aliphatic rings. The van der Waals surface area contributed by atoms with Crippen LogP contribution < -0.4 is 5.32 Å². The van der Waals surface area contributed by atoms with E-state index >= 15 is 0 Å². The Hall–Kier alpha value is -0.940. The zero-order valence-corrected chi connectivity index (χ0v) is 10.1. The van der Waals surface area contributed by atoms with Crippen molar-refractivity contribution in [3.63, 3.8) is 0 Å². The normalized spacial score (nSPS) is 12.5. The van der Waals surface area contributed by atoms with Gasteiger partial charge in [0.1, 0.15) is 5.01 Å². The van der Waals surface area contributed by atoms with Gasteiger partial charge in [0.05, 0.1) is 12.6 Å². The van der Waals surface area contributed by atoms with Crippen LogP contribution in [0.4, 0.5) is 0 Å². The van der Waals surface area contributed by atoms with E-state index in [-0.39, 0.29) is 12.0 Å². The lowest BCUT2D eigenvalue weighted by molar-refractivity contribution is 0.0520. The summed E-state index contributed by atoms with van der Waals surface area (Å²) in [6, 6.07) is 0.221. The monoisotopic (exact) mass is 228 g/mol. The summed E-state index contributed by atoms with van der Waals surface area (Å²) in [6.07, 6.45) is 0.951. The highest BCUT2D eigenvalue weighted by molar-refractivity contribution is 7.09. The van der Waals surface area contributed by atoms with E-state index < -0.39 is 0 Å². The van der Waals surface area contributed by atoms with Crippen molar-refractivity contribution in [1.82, 2.24) is 10.3 Å². The minimum Gasteiger partial charge on any atom is -0.461 e. The zero-order chi connectivity index (χ0) is 11.3. The Kier molecular flexibility index (Phi) is 4.71. The fourth-order valence-corrected chi connectivity index (χ4v) is 2.23. The quantitative estimate of drug-likeness (QED) is 0.783. The van der Waals surface area contributed by atoms with E-state index in [1.807, 2.05) is 7.05 Å². The molecule has 1 heterocycles. The van der Waals surface area contributed by atoms with Gasteiger partial charge in [-0.15, -0.1) is 11.3 Å². The number of hydrogen-bond acceptors (Lipinski definition) is 5. The third-order valence-corrected chi connectivity index (χ3v) is 3.02. The van der Waals surface area contributed by atoms with Crippen molar-refractivity contribution >= 4 is 17.3 Å². The molecule has 0 saturated heterocycles. The van der Waals surface area contributed by atoms with E-state index in [1.54, 1.807) is 12.3 Å². The molecule has 1 N–H and O–H groups in total. The van der Waals surface area contributed by atoms with Gasteiger partial charge < -0.3 is 10.1 Å². The highest BCUT2D eigenvalue weighted by Gasteiger charge is 2.15. The summed E-state index contributed by atoms with van der Waals surface area (Å²) >= 11 is 1.49. The average molecular weight is 228 g/mol. The Bertz CT molecular complexity index is 321. The first kappa shape index (κ1) is 12.1. The van der Waals surface area contributed by atoms with Crippen molar-refractivity contribution < 1.29 is 9.53 Å². The predicted molar refractivity (Wildman–Crippen MR) is 60.2 cm³/mol. The van der Waals surface area contributed by atoms with Crippen LogP contribution in [0.25, 0.3) is 0 Å². The van der Waals surface area contributed by atoms with Crippen molar-refractivity contribution in [1.29, 1.82) is 0 Å². The molecule has 84 valence electrons. The van der Waals surface area contributed by atoms with Crippen molar-refractivity contribution in [3.05, 3.63) is 16.1 Å². The topological polar surface area (TPSA) is 51.2 Å². The SMILES string of the molecule is CCOC(=O)c1csc(C(CC)NC)n1. The third-order valence-electron chi connectivity index (χ3n) is 2.06. The van der Waals surface area contributed by atoms with Gasteiger partial charge in [0.15, 0.2) is 5.69 Å². The molecule has 0 spiro atoms. The van der Waals surface area contributed by atoms with Gasteiger partial charge >= 0.3 is 5.97 Å². The number of thiazole rings is 1. The summed E-state index contributed by atoms with van der Waals surface area (Å²) < 4.78 is 4.87. The summed E-state index contributed by atoms with van der Waals surface area (Å²) in [6.45, 7) is 4.25.